The number of hydrogen-bond donors (Lipinski definition) is 2. The van der Waals surface area contributed by atoms with Crippen molar-refractivity contribution >= 4 is 11.8 Å². The van der Waals surface area contributed by atoms with Crippen molar-refractivity contribution in [3.05, 3.63) is 0 Å². The number of alkyl halides is 2. The number of halogens is 2. The lowest BCUT2D eigenvalue weighted by Crippen LogP contribution is -2.47. The average Bonchev–Trinajstić information content (AvgIpc) is 2.87. The molecule has 0 bridgehead atoms. The Morgan fingerprint density at radius 1 is 1.29 bits per heavy atom. The third-order valence-electron chi connectivity index (χ3n) is 1.87. The molecule has 4 nitrogen and oxygen atoms in total. The van der Waals surface area contributed by atoms with Crippen molar-refractivity contribution in [2.45, 2.75) is 38.3 Å². The van der Waals surface area contributed by atoms with Crippen LogP contribution in [0.3, 0.4) is 0 Å². The number of rotatable bonds is 4. The zero-order valence-corrected chi connectivity index (χ0v) is 7.72. The summed E-state index contributed by atoms with van der Waals surface area (Å²) in [5.74, 6) is -1.83. The van der Waals surface area contributed by atoms with Crippen LogP contribution in [-0.2, 0) is 9.59 Å². The van der Waals surface area contributed by atoms with Crippen LogP contribution in [0.5, 0.6) is 0 Å². The van der Waals surface area contributed by atoms with E-state index in [0.29, 0.717) is 0 Å². The normalized spacial score (nSPS) is 17.7. The molecular weight excluding hydrogens is 194 g/mol. The predicted molar refractivity (Wildman–Crippen MR) is 44.8 cm³/mol. The SMILES string of the molecule is CC(NC(=O)C(F)F)C(=O)NC1CC1. The van der Waals surface area contributed by atoms with Crippen molar-refractivity contribution < 1.29 is 18.4 Å². The summed E-state index contributed by atoms with van der Waals surface area (Å²) in [7, 11) is 0. The van der Waals surface area contributed by atoms with Crippen molar-refractivity contribution in [2.75, 3.05) is 0 Å². The highest BCUT2D eigenvalue weighted by molar-refractivity contribution is 5.88. The van der Waals surface area contributed by atoms with Crippen LogP contribution in [0.25, 0.3) is 0 Å². The molecule has 0 saturated heterocycles. The second kappa shape index (κ2) is 4.34. The molecule has 14 heavy (non-hydrogen) atoms. The third kappa shape index (κ3) is 3.27. The van der Waals surface area contributed by atoms with E-state index in [9.17, 15) is 18.4 Å². The summed E-state index contributed by atoms with van der Waals surface area (Å²) in [4.78, 5) is 21.7. The molecule has 0 spiro atoms. The summed E-state index contributed by atoms with van der Waals surface area (Å²) < 4.78 is 23.6. The fourth-order valence-corrected chi connectivity index (χ4v) is 0.896. The summed E-state index contributed by atoms with van der Waals surface area (Å²) >= 11 is 0. The van der Waals surface area contributed by atoms with Gasteiger partial charge < -0.3 is 10.6 Å². The highest BCUT2D eigenvalue weighted by atomic mass is 19.3. The summed E-state index contributed by atoms with van der Waals surface area (Å²) in [6, 6.07) is -0.745. The van der Waals surface area contributed by atoms with Gasteiger partial charge in [0, 0.05) is 6.04 Å². The minimum Gasteiger partial charge on any atom is -0.352 e. The standard InChI is InChI=1S/C8H12F2N2O2/c1-4(11-8(14)6(9)10)7(13)12-5-2-3-5/h4-6H,2-3H2,1H3,(H,11,14)(H,12,13). The Morgan fingerprint density at radius 2 is 1.86 bits per heavy atom. The van der Waals surface area contributed by atoms with Crippen molar-refractivity contribution in [1.29, 1.82) is 0 Å². The van der Waals surface area contributed by atoms with Gasteiger partial charge in [-0.2, -0.15) is 8.78 Å². The fraction of sp³-hybridized carbons (Fsp3) is 0.750. The number of amides is 2. The number of nitrogens with one attached hydrogen (secondary N) is 2. The van der Waals surface area contributed by atoms with Crippen LogP contribution < -0.4 is 10.6 Å². The minimum absolute atomic E-state index is 0.161. The highest BCUT2D eigenvalue weighted by Gasteiger charge is 2.27. The first-order valence-electron chi connectivity index (χ1n) is 4.39. The highest BCUT2D eigenvalue weighted by Crippen LogP contribution is 2.18. The molecule has 0 radical (unpaired) electrons. The van der Waals surface area contributed by atoms with E-state index >= 15 is 0 Å². The largest absolute Gasteiger partial charge is 0.352 e. The van der Waals surface area contributed by atoms with E-state index in [1.54, 1.807) is 0 Å². The number of carbonyl (C=O) groups excluding carboxylic acids is 2. The zero-order chi connectivity index (χ0) is 10.7. The molecule has 0 aromatic carbocycles. The first kappa shape index (κ1) is 10.9. The predicted octanol–water partition coefficient (Wildman–Crippen LogP) is 0.0348. The molecule has 6 heteroatoms. The maximum Gasteiger partial charge on any atom is 0.315 e. The van der Waals surface area contributed by atoms with E-state index < -0.39 is 24.3 Å². The second-order valence-electron chi connectivity index (χ2n) is 3.31. The van der Waals surface area contributed by atoms with Crippen LogP contribution >= 0.6 is 0 Å². The van der Waals surface area contributed by atoms with Gasteiger partial charge in [0.15, 0.2) is 0 Å². The Kier molecular flexibility index (Phi) is 3.38. The summed E-state index contributed by atoms with van der Waals surface area (Å²) in [6.07, 6.45) is -1.24. The van der Waals surface area contributed by atoms with Gasteiger partial charge in [-0.25, -0.2) is 0 Å². The van der Waals surface area contributed by atoms with Gasteiger partial charge in [-0.15, -0.1) is 0 Å². The van der Waals surface area contributed by atoms with E-state index in [4.69, 9.17) is 0 Å². The van der Waals surface area contributed by atoms with Gasteiger partial charge in [0.2, 0.25) is 5.91 Å². The molecule has 1 fully saturated rings. The Balaban J connectivity index is 2.28. The first-order chi connectivity index (χ1) is 6.50. The molecule has 80 valence electrons. The molecule has 1 rings (SSSR count). The Morgan fingerprint density at radius 3 is 2.29 bits per heavy atom. The molecule has 0 heterocycles. The molecule has 0 aromatic heterocycles. The molecule has 1 aliphatic carbocycles. The van der Waals surface area contributed by atoms with Crippen LogP contribution in [0.1, 0.15) is 19.8 Å². The van der Waals surface area contributed by atoms with Crippen LogP contribution in [0.2, 0.25) is 0 Å². The maximum atomic E-state index is 11.8. The summed E-state index contributed by atoms with van der Waals surface area (Å²) in [6.45, 7) is 1.37. The average molecular weight is 206 g/mol. The second-order valence-corrected chi connectivity index (χ2v) is 3.31. The monoisotopic (exact) mass is 206 g/mol. The van der Waals surface area contributed by atoms with Gasteiger partial charge in [-0.1, -0.05) is 0 Å². The quantitative estimate of drug-likeness (QED) is 0.682. The fourth-order valence-electron chi connectivity index (χ4n) is 0.896. The van der Waals surface area contributed by atoms with Gasteiger partial charge in [-0.3, -0.25) is 9.59 Å². The zero-order valence-electron chi connectivity index (χ0n) is 7.72. The van der Waals surface area contributed by atoms with E-state index in [-0.39, 0.29) is 6.04 Å². The van der Waals surface area contributed by atoms with Crippen molar-refractivity contribution in [1.82, 2.24) is 10.6 Å². The number of carbonyl (C=O) groups is 2. The van der Waals surface area contributed by atoms with Gasteiger partial charge in [-0.05, 0) is 19.8 Å². The van der Waals surface area contributed by atoms with E-state index in [1.165, 1.54) is 6.92 Å². The smallest absolute Gasteiger partial charge is 0.315 e. The van der Waals surface area contributed by atoms with Crippen LogP contribution in [0, 0.1) is 0 Å². The molecular formula is C8H12F2N2O2. The van der Waals surface area contributed by atoms with Crippen molar-refractivity contribution in [3.63, 3.8) is 0 Å². The van der Waals surface area contributed by atoms with Gasteiger partial charge >= 0.3 is 6.43 Å². The van der Waals surface area contributed by atoms with Gasteiger partial charge in [0.05, 0.1) is 0 Å². The molecule has 0 aromatic rings. The Hall–Kier alpha value is -1.20. The third-order valence-corrected chi connectivity index (χ3v) is 1.87. The lowest BCUT2D eigenvalue weighted by Gasteiger charge is -2.13. The molecule has 2 N–H and O–H groups in total. The van der Waals surface area contributed by atoms with Crippen LogP contribution in [0.4, 0.5) is 8.78 Å². The van der Waals surface area contributed by atoms with E-state index in [1.807, 2.05) is 5.32 Å². The topological polar surface area (TPSA) is 58.2 Å². The Labute approximate surface area is 80.0 Å². The lowest BCUT2D eigenvalue weighted by atomic mass is 10.3. The van der Waals surface area contributed by atoms with E-state index in [0.717, 1.165) is 12.8 Å². The molecule has 1 aliphatic rings. The van der Waals surface area contributed by atoms with Crippen molar-refractivity contribution in [2.24, 2.45) is 0 Å². The van der Waals surface area contributed by atoms with Crippen LogP contribution in [0.15, 0.2) is 0 Å². The van der Waals surface area contributed by atoms with Gasteiger partial charge in [0.1, 0.15) is 6.04 Å². The summed E-state index contributed by atoms with van der Waals surface area (Å²) in [5, 5.41) is 4.51. The number of hydrogen-bond acceptors (Lipinski definition) is 2. The Bertz CT molecular complexity index is 241. The molecule has 1 unspecified atom stereocenters. The first-order valence-corrected chi connectivity index (χ1v) is 4.39. The molecule has 0 aliphatic heterocycles. The molecule has 2 amide bonds. The maximum absolute atomic E-state index is 11.8. The lowest BCUT2D eigenvalue weighted by molar-refractivity contribution is -0.135. The van der Waals surface area contributed by atoms with E-state index in [2.05, 4.69) is 5.32 Å². The van der Waals surface area contributed by atoms with Crippen molar-refractivity contribution in [3.8, 4) is 0 Å². The molecule has 1 atom stereocenters. The summed E-state index contributed by atoms with van der Waals surface area (Å²) in [5.41, 5.74) is 0. The minimum atomic E-state index is -3.08. The molecule has 1 saturated carbocycles. The van der Waals surface area contributed by atoms with Gasteiger partial charge in [0.25, 0.3) is 5.91 Å². The van der Waals surface area contributed by atoms with Crippen LogP contribution in [-0.4, -0.2) is 30.3 Å².